The molecule has 8 heteroatoms. The van der Waals surface area contributed by atoms with E-state index in [1.807, 2.05) is 25.6 Å². The second-order valence-corrected chi connectivity index (χ2v) is 11.0. The summed E-state index contributed by atoms with van der Waals surface area (Å²) in [5, 5.41) is 12.2. The molecule has 1 aromatic carbocycles. The Morgan fingerprint density at radius 1 is 1.10 bits per heavy atom. The van der Waals surface area contributed by atoms with Crippen LogP contribution in [0.4, 0.5) is 4.39 Å². The van der Waals surface area contributed by atoms with E-state index in [4.69, 9.17) is 4.98 Å². The van der Waals surface area contributed by atoms with Crippen LogP contribution in [0.15, 0.2) is 61.1 Å². The highest BCUT2D eigenvalue weighted by Gasteiger charge is 2.21. The molecule has 0 spiro atoms. The van der Waals surface area contributed by atoms with Gasteiger partial charge >= 0.3 is 0 Å². The zero-order valence-electron chi connectivity index (χ0n) is 23.9. The number of halogens is 1. The van der Waals surface area contributed by atoms with Crippen LogP contribution in [0.25, 0.3) is 39.3 Å². The normalized spacial score (nSPS) is 14.4. The molecule has 0 atom stereocenters. The fourth-order valence-corrected chi connectivity index (χ4v) is 5.85. The van der Waals surface area contributed by atoms with E-state index in [9.17, 15) is 4.39 Å². The molecule has 1 fully saturated rings. The zero-order valence-corrected chi connectivity index (χ0v) is 23.9. The van der Waals surface area contributed by atoms with Gasteiger partial charge < -0.3 is 9.88 Å². The Labute approximate surface area is 240 Å². The van der Waals surface area contributed by atoms with Gasteiger partial charge in [-0.2, -0.15) is 5.10 Å². The van der Waals surface area contributed by atoms with E-state index in [1.165, 1.54) is 37.8 Å². The molecular formula is C33H36FN7. The molecule has 1 saturated carbocycles. The van der Waals surface area contributed by atoms with E-state index in [0.717, 1.165) is 81.5 Å². The smallest absolute Gasteiger partial charge is 0.181 e. The quantitative estimate of drug-likeness (QED) is 0.207. The van der Waals surface area contributed by atoms with Crippen molar-refractivity contribution in [1.82, 2.24) is 35.0 Å². The molecule has 0 amide bonds. The molecule has 2 N–H and O–H groups in total. The van der Waals surface area contributed by atoms with Crippen molar-refractivity contribution in [2.75, 3.05) is 6.54 Å². The molecule has 41 heavy (non-hydrogen) atoms. The Hall–Kier alpha value is -4.17. The van der Waals surface area contributed by atoms with Crippen LogP contribution in [0, 0.1) is 18.7 Å². The van der Waals surface area contributed by atoms with Crippen molar-refractivity contribution in [3.8, 4) is 22.6 Å². The molecule has 0 bridgehead atoms. The zero-order chi connectivity index (χ0) is 28.3. The molecule has 0 aliphatic heterocycles. The van der Waals surface area contributed by atoms with Crippen molar-refractivity contribution in [3.63, 3.8) is 0 Å². The third-order valence-electron chi connectivity index (χ3n) is 8.20. The summed E-state index contributed by atoms with van der Waals surface area (Å²) >= 11 is 0. The maximum atomic E-state index is 13.6. The van der Waals surface area contributed by atoms with Gasteiger partial charge in [-0.3, -0.25) is 10.1 Å². The molecule has 7 nitrogen and oxygen atoms in total. The van der Waals surface area contributed by atoms with Gasteiger partial charge in [-0.25, -0.2) is 14.4 Å². The van der Waals surface area contributed by atoms with Crippen molar-refractivity contribution in [2.45, 2.75) is 52.5 Å². The average molecular weight is 550 g/mol. The lowest BCUT2D eigenvalue weighted by molar-refractivity contribution is 0.489. The van der Waals surface area contributed by atoms with Crippen LogP contribution >= 0.6 is 0 Å². The van der Waals surface area contributed by atoms with E-state index in [2.05, 4.69) is 62.1 Å². The number of pyridine rings is 2. The number of hydrogen-bond acceptors (Lipinski definition) is 5. The van der Waals surface area contributed by atoms with Gasteiger partial charge in [-0.05, 0) is 74.0 Å². The first kappa shape index (κ1) is 27.0. The number of hydrogen-bond donors (Lipinski definition) is 2. The number of imidazole rings is 1. The van der Waals surface area contributed by atoms with Crippen LogP contribution in [0.2, 0.25) is 0 Å². The first-order valence-electron chi connectivity index (χ1n) is 14.5. The van der Waals surface area contributed by atoms with Crippen LogP contribution < -0.4 is 5.32 Å². The highest BCUT2D eigenvalue weighted by Crippen LogP contribution is 2.33. The summed E-state index contributed by atoms with van der Waals surface area (Å²) in [6.45, 7) is 6.02. The molecular weight excluding hydrogens is 513 g/mol. The van der Waals surface area contributed by atoms with Crippen LogP contribution in [-0.2, 0) is 13.6 Å². The minimum Gasteiger partial charge on any atom is -0.330 e. The molecule has 0 saturated heterocycles. The second-order valence-electron chi connectivity index (χ2n) is 11.0. The molecule has 5 aromatic rings. The van der Waals surface area contributed by atoms with E-state index < -0.39 is 0 Å². The SMILES string of the molecule is CC/C=C(/c1ccc(F)cc1)c1nc(-c2[nH]nc3ncc(-c4cncc(CNCC5CCCC5)c4)cc23)n(C)c1C. The number of allylic oxidation sites excluding steroid dienone is 1. The maximum Gasteiger partial charge on any atom is 0.181 e. The van der Waals surface area contributed by atoms with E-state index in [0.29, 0.717) is 5.65 Å². The average Bonchev–Trinajstić information content (AvgIpc) is 3.73. The van der Waals surface area contributed by atoms with Gasteiger partial charge in [-0.1, -0.05) is 38.0 Å². The fourth-order valence-electron chi connectivity index (χ4n) is 5.85. The highest BCUT2D eigenvalue weighted by molar-refractivity contribution is 5.92. The minimum absolute atomic E-state index is 0.253. The number of H-pyrrole nitrogens is 1. The summed E-state index contributed by atoms with van der Waals surface area (Å²) in [4.78, 5) is 14.3. The van der Waals surface area contributed by atoms with Crippen LogP contribution in [-0.4, -0.2) is 36.3 Å². The number of aromatic nitrogens is 6. The van der Waals surface area contributed by atoms with Crippen molar-refractivity contribution in [2.24, 2.45) is 13.0 Å². The minimum atomic E-state index is -0.253. The summed E-state index contributed by atoms with van der Waals surface area (Å²) < 4.78 is 15.7. The molecule has 1 aliphatic carbocycles. The first-order chi connectivity index (χ1) is 20.0. The topological polar surface area (TPSA) is 84.3 Å². The highest BCUT2D eigenvalue weighted by atomic mass is 19.1. The molecule has 1 aliphatic rings. The molecule has 210 valence electrons. The molecule has 4 heterocycles. The largest absolute Gasteiger partial charge is 0.330 e. The summed E-state index contributed by atoms with van der Waals surface area (Å²) in [6.07, 6.45) is 14.0. The molecule has 6 rings (SSSR count). The summed E-state index contributed by atoms with van der Waals surface area (Å²) in [7, 11) is 2.01. The second kappa shape index (κ2) is 11.7. The van der Waals surface area contributed by atoms with Gasteiger partial charge in [-0.15, -0.1) is 0 Å². The van der Waals surface area contributed by atoms with E-state index in [-0.39, 0.29) is 5.82 Å². The predicted molar refractivity (Wildman–Crippen MR) is 161 cm³/mol. The van der Waals surface area contributed by atoms with Gasteiger partial charge in [0.1, 0.15) is 11.5 Å². The van der Waals surface area contributed by atoms with E-state index in [1.54, 1.807) is 12.1 Å². The predicted octanol–water partition coefficient (Wildman–Crippen LogP) is 6.99. The monoisotopic (exact) mass is 549 g/mol. The Balaban J connectivity index is 1.32. The van der Waals surface area contributed by atoms with Crippen molar-refractivity contribution >= 4 is 16.6 Å². The van der Waals surface area contributed by atoms with E-state index >= 15 is 0 Å². The summed E-state index contributed by atoms with van der Waals surface area (Å²) in [6, 6.07) is 10.9. The lowest BCUT2D eigenvalue weighted by Gasteiger charge is -2.11. The Morgan fingerprint density at radius 2 is 1.88 bits per heavy atom. The number of rotatable bonds is 9. The maximum absolute atomic E-state index is 13.6. The van der Waals surface area contributed by atoms with Gasteiger partial charge in [0.25, 0.3) is 0 Å². The lowest BCUT2D eigenvalue weighted by atomic mass is 10.0. The molecule has 0 radical (unpaired) electrons. The lowest BCUT2D eigenvalue weighted by Crippen LogP contribution is -2.20. The first-order valence-corrected chi connectivity index (χ1v) is 14.5. The van der Waals surface area contributed by atoms with Crippen molar-refractivity contribution in [3.05, 3.63) is 89.4 Å². The number of benzene rings is 1. The number of fused-ring (bicyclic) bond motifs is 1. The standard InChI is InChI=1S/C33H36FN7/c1-4-7-28(24-10-12-27(34)13-11-24)30-21(2)41(3)33(38-30)31-29-15-26(20-37-32(29)40-39-31)25-14-23(18-36-19-25)17-35-16-22-8-5-6-9-22/h7,10-15,18-20,22,35H,4-6,8-9,16-17H2,1-3H3,(H,37,39,40)/b28-7-. The third-order valence-corrected chi connectivity index (χ3v) is 8.20. The Kier molecular flexibility index (Phi) is 7.74. The van der Waals surface area contributed by atoms with Crippen molar-refractivity contribution in [1.29, 1.82) is 0 Å². The number of nitrogens with one attached hydrogen (secondary N) is 2. The van der Waals surface area contributed by atoms with Crippen LogP contribution in [0.1, 0.15) is 61.5 Å². The third kappa shape index (κ3) is 5.57. The molecule has 0 unspecified atom stereocenters. The van der Waals surface area contributed by atoms with Gasteiger partial charge in [0.05, 0.1) is 11.1 Å². The van der Waals surface area contributed by atoms with Crippen molar-refractivity contribution < 1.29 is 4.39 Å². The number of nitrogens with zero attached hydrogens (tertiary/aromatic N) is 5. The van der Waals surface area contributed by atoms with Gasteiger partial charge in [0.15, 0.2) is 11.5 Å². The van der Waals surface area contributed by atoms with Crippen LogP contribution in [0.5, 0.6) is 0 Å². The Bertz CT molecular complexity index is 1690. The molecule has 4 aromatic heterocycles. The van der Waals surface area contributed by atoms with Gasteiger partial charge in [0.2, 0.25) is 0 Å². The Morgan fingerprint density at radius 3 is 2.66 bits per heavy atom. The van der Waals surface area contributed by atoms with Gasteiger partial charge in [0, 0.05) is 54.6 Å². The fraction of sp³-hybridized carbons (Fsp3) is 0.333. The summed E-state index contributed by atoms with van der Waals surface area (Å²) in [5.41, 5.74) is 8.40. The van der Waals surface area contributed by atoms with Crippen LogP contribution in [0.3, 0.4) is 0 Å². The summed E-state index contributed by atoms with van der Waals surface area (Å²) in [5.74, 6) is 1.32. The number of aromatic amines is 1.